The van der Waals surface area contributed by atoms with Crippen molar-refractivity contribution in [2.75, 3.05) is 5.32 Å². The molecule has 0 amide bonds. The quantitative estimate of drug-likeness (QED) is 0.791. The van der Waals surface area contributed by atoms with Crippen molar-refractivity contribution in [3.05, 3.63) is 24.0 Å². The average molecular weight is 229 g/mol. The molecule has 1 fully saturated rings. The van der Waals surface area contributed by atoms with Crippen LogP contribution >= 0.6 is 0 Å². The van der Waals surface area contributed by atoms with E-state index in [1.807, 2.05) is 12.1 Å². The summed E-state index contributed by atoms with van der Waals surface area (Å²) in [6, 6.07) is 6.39. The topological polar surface area (TPSA) is 48.7 Å². The van der Waals surface area contributed by atoms with Gasteiger partial charge in [0.15, 0.2) is 0 Å². The fourth-order valence-electron chi connectivity index (χ4n) is 2.45. The number of aromatic nitrogens is 1. The molecule has 0 saturated heterocycles. The number of pyridine rings is 1. The fraction of sp³-hybridized carbons (Fsp3) is 0.571. The Kier molecular flexibility index (Phi) is 3.98. The van der Waals surface area contributed by atoms with Crippen LogP contribution in [0.15, 0.2) is 18.3 Å². The zero-order valence-corrected chi connectivity index (χ0v) is 10.3. The Morgan fingerprint density at radius 2 is 2.24 bits per heavy atom. The molecule has 17 heavy (non-hydrogen) atoms. The van der Waals surface area contributed by atoms with Crippen molar-refractivity contribution in [3.63, 3.8) is 0 Å². The van der Waals surface area contributed by atoms with Gasteiger partial charge in [-0.1, -0.05) is 19.8 Å². The maximum atomic E-state index is 8.81. The van der Waals surface area contributed by atoms with Gasteiger partial charge in [0.05, 0.1) is 0 Å². The first-order valence-electron chi connectivity index (χ1n) is 6.40. The van der Waals surface area contributed by atoms with Crippen LogP contribution in [-0.2, 0) is 0 Å². The predicted octanol–water partition coefficient (Wildman–Crippen LogP) is 3.33. The van der Waals surface area contributed by atoms with Crippen molar-refractivity contribution in [2.45, 2.75) is 45.1 Å². The molecule has 1 saturated carbocycles. The highest BCUT2D eigenvalue weighted by Gasteiger charge is 2.15. The summed E-state index contributed by atoms with van der Waals surface area (Å²) in [7, 11) is 0. The first-order valence-corrected chi connectivity index (χ1v) is 6.40. The molecule has 2 rings (SSSR count). The molecule has 0 bridgehead atoms. The van der Waals surface area contributed by atoms with E-state index in [4.69, 9.17) is 5.26 Å². The molecule has 1 aliphatic carbocycles. The van der Waals surface area contributed by atoms with Crippen LogP contribution in [0.1, 0.15) is 44.7 Å². The third kappa shape index (κ3) is 3.45. The summed E-state index contributed by atoms with van der Waals surface area (Å²) >= 11 is 0. The van der Waals surface area contributed by atoms with Gasteiger partial charge in [-0.05, 0) is 37.3 Å². The molecule has 1 aromatic heterocycles. The van der Waals surface area contributed by atoms with Gasteiger partial charge in [0.25, 0.3) is 0 Å². The number of hydrogen-bond donors (Lipinski definition) is 1. The van der Waals surface area contributed by atoms with Crippen LogP contribution in [0.4, 0.5) is 5.69 Å². The van der Waals surface area contributed by atoms with Gasteiger partial charge in [-0.15, -0.1) is 0 Å². The standard InChI is InChI=1S/C14H19N3/c1-11-3-2-4-12(6-5-11)17-13-7-8-16-14(9-13)10-15/h7-9,11-12H,2-6H2,1H3,(H,16,17). The van der Waals surface area contributed by atoms with E-state index in [0.29, 0.717) is 11.7 Å². The Labute approximate surface area is 103 Å². The van der Waals surface area contributed by atoms with E-state index in [9.17, 15) is 0 Å². The highest BCUT2D eigenvalue weighted by atomic mass is 14.9. The molecule has 1 N–H and O–H groups in total. The van der Waals surface area contributed by atoms with Crippen LogP contribution in [0, 0.1) is 17.2 Å². The van der Waals surface area contributed by atoms with E-state index in [1.54, 1.807) is 6.20 Å². The minimum atomic E-state index is 0.483. The maximum absolute atomic E-state index is 8.81. The Hall–Kier alpha value is -1.56. The summed E-state index contributed by atoms with van der Waals surface area (Å²) in [5, 5.41) is 12.3. The zero-order chi connectivity index (χ0) is 12.1. The highest BCUT2D eigenvalue weighted by molar-refractivity contribution is 5.46. The molecule has 0 aromatic carbocycles. The van der Waals surface area contributed by atoms with Crippen LogP contribution in [0.2, 0.25) is 0 Å². The van der Waals surface area contributed by atoms with Gasteiger partial charge in [-0.2, -0.15) is 5.26 Å². The molecule has 0 spiro atoms. The number of nitrogens with zero attached hydrogens (tertiary/aromatic N) is 2. The van der Waals surface area contributed by atoms with Gasteiger partial charge >= 0.3 is 0 Å². The summed E-state index contributed by atoms with van der Waals surface area (Å²) in [5.74, 6) is 0.855. The van der Waals surface area contributed by atoms with Crippen molar-refractivity contribution in [1.82, 2.24) is 4.98 Å². The molecule has 1 aliphatic rings. The smallest absolute Gasteiger partial charge is 0.142 e. The monoisotopic (exact) mass is 229 g/mol. The van der Waals surface area contributed by atoms with Gasteiger partial charge in [0, 0.05) is 17.9 Å². The highest BCUT2D eigenvalue weighted by Crippen LogP contribution is 2.24. The second-order valence-electron chi connectivity index (χ2n) is 5.00. The average Bonchev–Trinajstić information content (AvgIpc) is 2.55. The molecule has 3 heteroatoms. The molecular weight excluding hydrogens is 210 g/mol. The summed E-state index contributed by atoms with van der Waals surface area (Å²) in [5.41, 5.74) is 1.51. The van der Waals surface area contributed by atoms with Crippen molar-refractivity contribution >= 4 is 5.69 Å². The predicted molar refractivity (Wildman–Crippen MR) is 68.6 cm³/mol. The lowest BCUT2D eigenvalue weighted by Gasteiger charge is -2.17. The Morgan fingerprint density at radius 1 is 1.35 bits per heavy atom. The van der Waals surface area contributed by atoms with Crippen LogP contribution in [0.5, 0.6) is 0 Å². The SMILES string of the molecule is CC1CCCC(Nc2ccnc(C#N)c2)CC1. The van der Waals surface area contributed by atoms with E-state index in [-0.39, 0.29) is 0 Å². The van der Waals surface area contributed by atoms with Gasteiger partial charge in [-0.3, -0.25) is 0 Å². The second-order valence-corrected chi connectivity index (χ2v) is 5.00. The second kappa shape index (κ2) is 5.67. The van der Waals surface area contributed by atoms with E-state index < -0.39 is 0 Å². The number of hydrogen-bond acceptors (Lipinski definition) is 3. The van der Waals surface area contributed by atoms with Crippen LogP contribution < -0.4 is 5.32 Å². The lowest BCUT2D eigenvalue weighted by atomic mass is 10.0. The van der Waals surface area contributed by atoms with Gasteiger partial charge in [-0.25, -0.2) is 4.98 Å². The van der Waals surface area contributed by atoms with Gasteiger partial charge < -0.3 is 5.32 Å². The van der Waals surface area contributed by atoms with Gasteiger partial charge in [0.1, 0.15) is 11.8 Å². The maximum Gasteiger partial charge on any atom is 0.142 e. The molecule has 2 atom stereocenters. The van der Waals surface area contributed by atoms with Crippen molar-refractivity contribution in [3.8, 4) is 6.07 Å². The molecule has 1 heterocycles. The molecular formula is C14H19N3. The Bertz CT molecular complexity index is 408. The normalized spacial score (nSPS) is 24.7. The molecule has 90 valence electrons. The number of nitriles is 1. The van der Waals surface area contributed by atoms with E-state index in [2.05, 4.69) is 23.3 Å². The Morgan fingerprint density at radius 3 is 3.06 bits per heavy atom. The van der Waals surface area contributed by atoms with Gasteiger partial charge in [0.2, 0.25) is 0 Å². The summed E-state index contributed by atoms with van der Waals surface area (Å²) < 4.78 is 0. The van der Waals surface area contributed by atoms with Crippen LogP contribution in [-0.4, -0.2) is 11.0 Å². The summed E-state index contributed by atoms with van der Waals surface area (Å²) in [6.45, 7) is 2.34. The molecule has 0 radical (unpaired) electrons. The van der Waals surface area contributed by atoms with E-state index in [1.165, 1.54) is 32.1 Å². The number of anilines is 1. The summed E-state index contributed by atoms with van der Waals surface area (Å²) in [6.07, 6.45) is 8.10. The summed E-state index contributed by atoms with van der Waals surface area (Å²) in [4.78, 5) is 3.98. The lowest BCUT2D eigenvalue weighted by Crippen LogP contribution is -2.18. The van der Waals surface area contributed by atoms with E-state index in [0.717, 1.165) is 11.6 Å². The van der Waals surface area contributed by atoms with Crippen molar-refractivity contribution < 1.29 is 0 Å². The molecule has 2 unspecified atom stereocenters. The van der Waals surface area contributed by atoms with Crippen LogP contribution in [0.3, 0.4) is 0 Å². The number of rotatable bonds is 2. The lowest BCUT2D eigenvalue weighted by molar-refractivity contribution is 0.502. The molecule has 1 aromatic rings. The fourth-order valence-corrected chi connectivity index (χ4v) is 2.45. The minimum Gasteiger partial charge on any atom is -0.382 e. The first kappa shape index (κ1) is 11.9. The molecule has 0 aliphatic heterocycles. The van der Waals surface area contributed by atoms with Crippen LogP contribution in [0.25, 0.3) is 0 Å². The third-order valence-corrected chi connectivity index (χ3v) is 3.50. The number of nitrogens with one attached hydrogen (secondary N) is 1. The van der Waals surface area contributed by atoms with E-state index >= 15 is 0 Å². The first-order chi connectivity index (χ1) is 8.28. The largest absolute Gasteiger partial charge is 0.382 e. The molecule has 3 nitrogen and oxygen atoms in total. The van der Waals surface area contributed by atoms with Crippen molar-refractivity contribution in [1.29, 1.82) is 5.26 Å². The Balaban J connectivity index is 1.97. The minimum absolute atomic E-state index is 0.483. The third-order valence-electron chi connectivity index (χ3n) is 3.50. The zero-order valence-electron chi connectivity index (χ0n) is 10.3. The van der Waals surface area contributed by atoms with Crippen molar-refractivity contribution in [2.24, 2.45) is 5.92 Å².